The third kappa shape index (κ3) is 7.16. The number of carbonyl (C=O) groups excluding carboxylic acids is 4. The van der Waals surface area contributed by atoms with Crippen LogP contribution in [0.2, 0.25) is 0 Å². The number of ether oxygens (including phenoxy) is 2. The van der Waals surface area contributed by atoms with Crippen LogP contribution in [0.15, 0.2) is 109 Å². The zero-order valence-electron chi connectivity index (χ0n) is 23.8. The van der Waals surface area contributed by atoms with Gasteiger partial charge in [0.05, 0.1) is 13.7 Å². The number of hydrogen-bond acceptors (Lipinski definition) is 6. The van der Waals surface area contributed by atoms with Gasteiger partial charge >= 0.3 is 12.1 Å². The highest BCUT2D eigenvalue weighted by Crippen LogP contribution is 2.25. The summed E-state index contributed by atoms with van der Waals surface area (Å²) in [5.74, 6) is -1.22. The molecule has 1 aliphatic heterocycles. The molecule has 0 saturated carbocycles. The molecule has 0 spiro atoms. The maximum absolute atomic E-state index is 13.7. The Balaban J connectivity index is 1.31. The summed E-state index contributed by atoms with van der Waals surface area (Å²) in [7, 11) is 1.26. The van der Waals surface area contributed by atoms with Gasteiger partial charge in [-0.05, 0) is 22.3 Å². The normalized spacial score (nSPS) is 14.6. The Bertz CT molecular complexity index is 1590. The molecular weight excluding hydrogens is 544 g/mol. The van der Waals surface area contributed by atoms with Crippen LogP contribution in [0.5, 0.6) is 0 Å². The average molecular weight is 577 g/mol. The van der Waals surface area contributed by atoms with Crippen molar-refractivity contribution in [1.82, 2.24) is 10.2 Å². The smallest absolute Gasteiger partial charge is 0.411 e. The number of nitrogens with one attached hydrogen (secondary N) is 1. The Kier molecular flexibility index (Phi) is 9.26. The molecule has 2 amide bonds. The van der Waals surface area contributed by atoms with Crippen LogP contribution in [0.4, 0.5) is 4.79 Å². The number of ketones is 1. The number of methoxy groups -OCH3 is 1. The molecule has 8 nitrogen and oxygen atoms in total. The van der Waals surface area contributed by atoms with Crippen molar-refractivity contribution >= 4 is 23.8 Å². The molecule has 0 saturated heterocycles. The molecule has 1 aliphatic rings. The fraction of sp³-hybridized carbons (Fsp3) is 0.200. The SMILES string of the molecule is COC(=O)[C@H](Cc1ccc(C(=O)c2ccccc2)cc1)NC(=O)[C@@H]1Cc2ccccc2CN1C(=O)OCc1ccccc1. The quantitative estimate of drug-likeness (QED) is 0.225. The van der Waals surface area contributed by atoms with Crippen LogP contribution in [-0.4, -0.2) is 47.8 Å². The van der Waals surface area contributed by atoms with E-state index < -0.39 is 30.1 Å². The monoisotopic (exact) mass is 576 g/mol. The molecule has 4 aromatic carbocycles. The molecule has 0 radical (unpaired) electrons. The van der Waals surface area contributed by atoms with E-state index in [2.05, 4.69) is 5.32 Å². The lowest BCUT2D eigenvalue weighted by Gasteiger charge is -2.35. The molecular formula is C35H32N2O6. The topological polar surface area (TPSA) is 102 Å². The summed E-state index contributed by atoms with van der Waals surface area (Å²) in [6.45, 7) is 0.265. The van der Waals surface area contributed by atoms with Crippen molar-refractivity contribution < 1.29 is 28.7 Å². The number of esters is 1. The number of rotatable bonds is 9. The predicted molar refractivity (Wildman–Crippen MR) is 160 cm³/mol. The summed E-state index contributed by atoms with van der Waals surface area (Å²) in [6.07, 6.45) is -0.209. The summed E-state index contributed by atoms with van der Waals surface area (Å²) in [5, 5.41) is 2.81. The molecule has 0 aromatic heterocycles. The summed E-state index contributed by atoms with van der Waals surface area (Å²) in [6, 6.07) is 30.9. The Morgan fingerprint density at radius 3 is 2.05 bits per heavy atom. The van der Waals surface area contributed by atoms with E-state index in [4.69, 9.17) is 9.47 Å². The number of fused-ring (bicyclic) bond motifs is 1. The van der Waals surface area contributed by atoms with Gasteiger partial charge in [0.15, 0.2) is 5.78 Å². The standard InChI is InChI=1S/C35H32N2O6/c1-42-34(40)30(20-24-16-18-27(19-17-24)32(38)26-12-6-3-7-13-26)36-33(39)31-21-28-14-8-9-15-29(28)22-37(31)35(41)43-23-25-10-4-2-5-11-25/h2-19,30-31H,20-23H2,1H3,(H,36,39)/t30-,31-/m0/s1. The van der Waals surface area contributed by atoms with E-state index in [1.807, 2.05) is 60.7 Å². The van der Waals surface area contributed by atoms with Gasteiger partial charge in [0, 0.05) is 24.0 Å². The molecule has 1 heterocycles. The number of amides is 2. The lowest BCUT2D eigenvalue weighted by molar-refractivity contribution is -0.145. The van der Waals surface area contributed by atoms with Gasteiger partial charge in [-0.1, -0.05) is 109 Å². The lowest BCUT2D eigenvalue weighted by Crippen LogP contribution is -2.56. The van der Waals surface area contributed by atoms with Crippen LogP contribution in [0.25, 0.3) is 0 Å². The summed E-state index contributed by atoms with van der Waals surface area (Å²) < 4.78 is 10.6. The Hall–Kier alpha value is -5.24. The predicted octanol–water partition coefficient (Wildman–Crippen LogP) is 4.88. The van der Waals surface area contributed by atoms with E-state index in [1.54, 1.807) is 48.5 Å². The van der Waals surface area contributed by atoms with Gasteiger partial charge in [0.25, 0.3) is 0 Å². The van der Waals surface area contributed by atoms with Crippen LogP contribution in [0, 0.1) is 0 Å². The first kappa shape index (κ1) is 29.3. The fourth-order valence-electron chi connectivity index (χ4n) is 5.14. The lowest BCUT2D eigenvalue weighted by atomic mass is 9.93. The van der Waals surface area contributed by atoms with Gasteiger partial charge in [-0.15, -0.1) is 0 Å². The van der Waals surface area contributed by atoms with Crippen LogP contribution in [0.3, 0.4) is 0 Å². The number of hydrogen-bond donors (Lipinski definition) is 1. The summed E-state index contributed by atoms with van der Waals surface area (Å²) in [4.78, 5) is 53.9. The van der Waals surface area contributed by atoms with Gasteiger partial charge < -0.3 is 14.8 Å². The van der Waals surface area contributed by atoms with Crippen molar-refractivity contribution in [3.63, 3.8) is 0 Å². The maximum atomic E-state index is 13.7. The molecule has 5 rings (SSSR count). The minimum Gasteiger partial charge on any atom is -0.467 e. The fourth-order valence-corrected chi connectivity index (χ4v) is 5.14. The van der Waals surface area contributed by atoms with Crippen molar-refractivity contribution in [2.24, 2.45) is 0 Å². The zero-order valence-corrected chi connectivity index (χ0v) is 23.8. The van der Waals surface area contributed by atoms with Gasteiger partial charge in [-0.2, -0.15) is 0 Å². The molecule has 0 fully saturated rings. The highest BCUT2D eigenvalue weighted by atomic mass is 16.6. The highest BCUT2D eigenvalue weighted by Gasteiger charge is 2.37. The van der Waals surface area contributed by atoms with Gasteiger partial charge in [-0.3, -0.25) is 14.5 Å². The minimum atomic E-state index is -1.01. The third-order valence-electron chi connectivity index (χ3n) is 7.48. The van der Waals surface area contributed by atoms with Crippen molar-refractivity contribution in [2.75, 3.05) is 7.11 Å². The molecule has 0 unspecified atom stereocenters. The third-order valence-corrected chi connectivity index (χ3v) is 7.48. The molecule has 8 heteroatoms. The molecule has 4 aromatic rings. The van der Waals surface area contributed by atoms with Crippen molar-refractivity contribution in [1.29, 1.82) is 0 Å². The van der Waals surface area contributed by atoms with Crippen LogP contribution in [-0.2, 0) is 45.1 Å². The molecule has 1 N–H and O–H groups in total. The van der Waals surface area contributed by atoms with Crippen molar-refractivity contribution in [3.8, 4) is 0 Å². The number of benzene rings is 4. The second-order valence-corrected chi connectivity index (χ2v) is 10.3. The van der Waals surface area contributed by atoms with Crippen LogP contribution in [0.1, 0.15) is 38.2 Å². The Labute approximate surface area is 250 Å². The minimum absolute atomic E-state index is 0.0692. The van der Waals surface area contributed by atoms with E-state index in [1.165, 1.54) is 12.0 Å². The van der Waals surface area contributed by atoms with E-state index in [9.17, 15) is 19.2 Å². The molecule has 218 valence electrons. The van der Waals surface area contributed by atoms with Gasteiger partial charge in [0.1, 0.15) is 18.7 Å². The van der Waals surface area contributed by atoms with Gasteiger partial charge in [-0.25, -0.2) is 9.59 Å². The Morgan fingerprint density at radius 1 is 0.767 bits per heavy atom. The maximum Gasteiger partial charge on any atom is 0.411 e. The average Bonchev–Trinajstić information content (AvgIpc) is 3.06. The van der Waals surface area contributed by atoms with E-state index >= 15 is 0 Å². The Morgan fingerprint density at radius 2 is 1.37 bits per heavy atom. The molecule has 0 bridgehead atoms. The zero-order chi connectivity index (χ0) is 30.2. The molecule has 2 atom stereocenters. The number of carbonyl (C=O) groups is 4. The second kappa shape index (κ2) is 13.6. The highest BCUT2D eigenvalue weighted by molar-refractivity contribution is 6.08. The molecule has 43 heavy (non-hydrogen) atoms. The van der Waals surface area contributed by atoms with Crippen molar-refractivity contribution in [2.45, 2.75) is 38.1 Å². The van der Waals surface area contributed by atoms with Gasteiger partial charge in [0.2, 0.25) is 5.91 Å². The largest absolute Gasteiger partial charge is 0.467 e. The van der Waals surface area contributed by atoms with E-state index in [0.717, 1.165) is 22.3 Å². The second-order valence-electron chi connectivity index (χ2n) is 10.3. The summed E-state index contributed by atoms with van der Waals surface area (Å²) >= 11 is 0. The molecule has 0 aliphatic carbocycles. The van der Waals surface area contributed by atoms with Crippen LogP contribution < -0.4 is 5.32 Å². The summed E-state index contributed by atoms with van der Waals surface area (Å²) in [5.41, 5.74) is 4.53. The number of nitrogens with zero attached hydrogens (tertiary/aromatic N) is 1. The van der Waals surface area contributed by atoms with E-state index in [0.29, 0.717) is 11.1 Å². The first-order valence-corrected chi connectivity index (χ1v) is 14.0. The first-order chi connectivity index (χ1) is 20.9. The van der Waals surface area contributed by atoms with Crippen LogP contribution >= 0.6 is 0 Å². The first-order valence-electron chi connectivity index (χ1n) is 14.0. The van der Waals surface area contributed by atoms with E-state index in [-0.39, 0.29) is 31.8 Å². The van der Waals surface area contributed by atoms with Crippen molar-refractivity contribution in [3.05, 3.63) is 143 Å².